The Balaban J connectivity index is 0. The molecular formula is C8H18FeO6P2. The average molecular weight is 328 g/mol. The van der Waals surface area contributed by atoms with Gasteiger partial charge in [-0.2, -0.15) is 0 Å². The number of hydrogen-bond donors (Lipinski definition) is 2. The van der Waals surface area contributed by atoms with E-state index >= 15 is 0 Å². The Hall–Kier alpha value is 0.819. The van der Waals surface area contributed by atoms with Crippen LogP contribution in [0.1, 0.15) is 27.7 Å². The zero-order valence-electron chi connectivity index (χ0n) is 10.2. The Kier molecular flexibility index (Phi) is 6.93. The van der Waals surface area contributed by atoms with E-state index in [1.807, 2.05) is 0 Å². The molecule has 0 radical (unpaired) electrons. The summed E-state index contributed by atoms with van der Waals surface area (Å²) in [6.07, 6.45) is -1.36. The first-order chi connectivity index (χ1) is 6.71. The third-order valence-electron chi connectivity index (χ3n) is 2.36. The molecule has 0 fully saturated rings. The summed E-state index contributed by atoms with van der Waals surface area (Å²) in [5.41, 5.74) is 0. The monoisotopic (exact) mass is 328 g/mol. The van der Waals surface area contributed by atoms with Crippen LogP contribution in [0.5, 0.6) is 0 Å². The first-order valence-electron chi connectivity index (χ1n) is 4.76. The van der Waals surface area contributed by atoms with Gasteiger partial charge in [0, 0.05) is 14.7 Å². The SMILES string of the molecule is CC(C)(O)P(=O)([O-])CCP(=O)([O-])C(C)(C)O.[Fe+2]. The molecule has 2 N–H and O–H groups in total. The zero-order valence-corrected chi connectivity index (χ0v) is 13.1. The summed E-state index contributed by atoms with van der Waals surface area (Å²) in [6.45, 7) is 4.34. The van der Waals surface area contributed by atoms with E-state index in [0.29, 0.717) is 0 Å². The second-order valence-electron chi connectivity index (χ2n) is 4.78. The van der Waals surface area contributed by atoms with Crippen molar-refractivity contribution in [1.29, 1.82) is 0 Å². The molecule has 0 spiro atoms. The molecule has 9 heteroatoms. The summed E-state index contributed by atoms with van der Waals surface area (Å²) in [6, 6.07) is 0. The molecule has 0 aromatic heterocycles. The summed E-state index contributed by atoms with van der Waals surface area (Å²) in [5, 5.41) is 14.7. The van der Waals surface area contributed by atoms with E-state index in [1.54, 1.807) is 0 Å². The first-order valence-corrected chi connectivity index (χ1v) is 8.38. The van der Waals surface area contributed by atoms with Crippen LogP contribution >= 0.6 is 14.7 Å². The van der Waals surface area contributed by atoms with Crippen molar-refractivity contribution in [3.05, 3.63) is 0 Å². The van der Waals surface area contributed by atoms with Gasteiger partial charge in [0.1, 0.15) is 0 Å². The van der Waals surface area contributed by atoms with Gasteiger partial charge in [0.15, 0.2) is 0 Å². The van der Waals surface area contributed by atoms with E-state index < -0.39 is 37.7 Å². The molecule has 0 heterocycles. The van der Waals surface area contributed by atoms with E-state index in [9.17, 15) is 29.1 Å². The Labute approximate surface area is 112 Å². The molecule has 0 amide bonds. The number of rotatable bonds is 5. The molecular weight excluding hydrogens is 310 g/mol. The van der Waals surface area contributed by atoms with Gasteiger partial charge in [0.2, 0.25) is 0 Å². The summed E-state index contributed by atoms with van der Waals surface area (Å²) in [4.78, 5) is 22.9. The van der Waals surface area contributed by atoms with Gasteiger partial charge in [-0.05, 0) is 40.0 Å². The minimum absolute atomic E-state index is 0. The molecule has 0 saturated heterocycles. The molecule has 6 nitrogen and oxygen atoms in total. The Bertz CT molecular complexity index is 309. The Morgan fingerprint density at radius 2 is 1.06 bits per heavy atom. The van der Waals surface area contributed by atoms with Gasteiger partial charge in [0.05, 0.1) is 10.7 Å². The van der Waals surface area contributed by atoms with E-state index in [1.165, 1.54) is 0 Å². The van der Waals surface area contributed by atoms with E-state index in [0.717, 1.165) is 27.7 Å². The third-order valence-corrected chi connectivity index (χ3v) is 7.67. The van der Waals surface area contributed by atoms with E-state index in [2.05, 4.69) is 0 Å². The van der Waals surface area contributed by atoms with Crippen molar-refractivity contribution in [3.8, 4) is 0 Å². The standard InChI is InChI=1S/C8H20O6P2.Fe/c1-7(2,9)15(11,12)5-6-16(13,14)8(3,4)10;/h9-10H,5-6H2,1-4H3,(H,11,12)(H,13,14);/q;+2/p-2. The normalized spacial score (nSPS) is 20.0. The van der Waals surface area contributed by atoms with Gasteiger partial charge in [-0.3, -0.25) is 0 Å². The van der Waals surface area contributed by atoms with Crippen LogP contribution in [-0.4, -0.2) is 33.2 Å². The maximum absolute atomic E-state index is 11.5. The van der Waals surface area contributed by atoms with Crippen LogP contribution < -0.4 is 9.79 Å². The van der Waals surface area contributed by atoms with Gasteiger partial charge in [0.25, 0.3) is 0 Å². The summed E-state index contributed by atoms with van der Waals surface area (Å²) in [5.74, 6) is 0. The van der Waals surface area contributed by atoms with Crippen molar-refractivity contribution in [1.82, 2.24) is 0 Å². The molecule has 2 unspecified atom stereocenters. The van der Waals surface area contributed by atoms with E-state index in [-0.39, 0.29) is 17.1 Å². The molecule has 2 atom stereocenters. The van der Waals surface area contributed by atoms with E-state index in [4.69, 9.17) is 0 Å². The molecule has 0 aliphatic carbocycles. The Morgan fingerprint density at radius 1 is 0.882 bits per heavy atom. The minimum Gasteiger partial charge on any atom is -0.797 e. The average Bonchev–Trinajstić information content (AvgIpc) is 1.97. The smallest absolute Gasteiger partial charge is 0.797 e. The predicted octanol–water partition coefficient (Wildman–Crippen LogP) is -0.283. The largest absolute Gasteiger partial charge is 2.00 e. The fourth-order valence-corrected chi connectivity index (χ4v) is 4.01. The number of aliphatic hydroxyl groups is 2. The van der Waals surface area contributed by atoms with Crippen molar-refractivity contribution in [2.45, 2.75) is 38.4 Å². The van der Waals surface area contributed by atoms with Crippen LogP contribution in [0, 0.1) is 0 Å². The van der Waals surface area contributed by atoms with Gasteiger partial charge in [-0.15, -0.1) is 0 Å². The third kappa shape index (κ3) is 5.54. The van der Waals surface area contributed by atoms with Crippen LogP contribution in [0.3, 0.4) is 0 Å². The van der Waals surface area contributed by atoms with Crippen molar-refractivity contribution < 1.29 is 46.2 Å². The Morgan fingerprint density at radius 3 is 1.18 bits per heavy atom. The second-order valence-corrected chi connectivity index (χ2v) is 10.6. The zero-order chi connectivity index (χ0) is 13.4. The molecule has 0 rings (SSSR count). The summed E-state index contributed by atoms with van der Waals surface area (Å²) >= 11 is 0. The topological polar surface area (TPSA) is 121 Å². The summed E-state index contributed by atoms with van der Waals surface area (Å²) in [7, 11) is -8.44. The molecule has 17 heavy (non-hydrogen) atoms. The molecule has 0 bridgehead atoms. The van der Waals surface area contributed by atoms with Gasteiger partial charge < -0.3 is 29.1 Å². The second kappa shape index (κ2) is 5.85. The van der Waals surface area contributed by atoms with Crippen LogP contribution in [0.2, 0.25) is 0 Å². The molecule has 104 valence electrons. The van der Waals surface area contributed by atoms with Crippen LogP contribution in [0.15, 0.2) is 0 Å². The fourth-order valence-electron chi connectivity index (χ4n) is 0.811. The van der Waals surface area contributed by atoms with Crippen molar-refractivity contribution in [2.75, 3.05) is 12.3 Å². The van der Waals surface area contributed by atoms with Crippen molar-refractivity contribution in [2.24, 2.45) is 0 Å². The van der Waals surface area contributed by atoms with Gasteiger partial charge >= 0.3 is 17.1 Å². The molecule has 0 aliphatic heterocycles. The van der Waals surface area contributed by atoms with Crippen LogP contribution in [-0.2, 0) is 26.2 Å². The maximum Gasteiger partial charge on any atom is 2.00 e. The van der Waals surface area contributed by atoms with Crippen LogP contribution in [0.25, 0.3) is 0 Å². The predicted molar refractivity (Wildman–Crippen MR) is 57.5 cm³/mol. The quantitative estimate of drug-likeness (QED) is 0.529. The van der Waals surface area contributed by atoms with Crippen molar-refractivity contribution >= 4 is 14.7 Å². The maximum atomic E-state index is 11.5. The molecule has 0 saturated carbocycles. The van der Waals surface area contributed by atoms with Gasteiger partial charge in [-0.25, -0.2) is 0 Å². The summed E-state index contributed by atoms with van der Waals surface area (Å²) < 4.78 is 22.9. The molecule has 0 aromatic rings. The first kappa shape index (κ1) is 20.1. The minimum atomic E-state index is -4.22. The number of hydrogen-bond acceptors (Lipinski definition) is 6. The van der Waals surface area contributed by atoms with Crippen molar-refractivity contribution in [3.63, 3.8) is 0 Å². The molecule has 0 aromatic carbocycles. The molecule has 0 aliphatic rings. The fraction of sp³-hybridized carbons (Fsp3) is 1.00. The van der Waals surface area contributed by atoms with Gasteiger partial charge in [-0.1, -0.05) is 0 Å². The van der Waals surface area contributed by atoms with Crippen LogP contribution in [0.4, 0.5) is 0 Å².